The molecule has 11 atom stereocenters. The van der Waals surface area contributed by atoms with E-state index >= 15 is 0 Å². The van der Waals surface area contributed by atoms with Gasteiger partial charge in [-0.05, 0) is 149 Å². The first-order valence-corrected chi connectivity index (χ1v) is 23.7. The Hall–Kier alpha value is -2.17. The topological polar surface area (TPSA) is 125 Å². The number of alkyl carbamates (subject to hydrolysis) is 1. The number of carboxylic acids is 1. The van der Waals surface area contributed by atoms with Crippen molar-refractivity contribution in [1.82, 2.24) is 15.5 Å². The van der Waals surface area contributed by atoms with Crippen LogP contribution in [0.5, 0.6) is 0 Å². The van der Waals surface area contributed by atoms with Crippen LogP contribution in [-0.4, -0.2) is 84.9 Å². The summed E-state index contributed by atoms with van der Waals surface area (Å²) in [4.78, 5) is 27.3. The van der Waals surface area contributed by atoms with Crippen molar-refractivity contribution in [2.45, 2.75) is 143 Å². The van der Waals surface area contributed by atoms with E-state index < -0.39 is 33.0 Å². The van der Waals surface area contributed by atoms with Crippen molar-refractivity contribution < 1.29 is 27.9 Å². The molecule has 1 amide bonds. The summed E-state index contributed by atoms with van der Waals surface area (Å²) in [6.07, 6.45) is 17.2. The Kier molecular flexibility index (Phi) is 10.5. The van der Waals surface area contributed by atoms with Gasteiger partial charge in [0.2, 0.25) is 0 Å². The number of sulfone groups is 1. The third kappa shape index (κ3) is 6.85. The van der Waals surface area contributed by atoms with Crippen LogP contribution in [0.1, 0.15) is 127 Å². The number of aliphatic carboxylic acids is 1. The maximum absolute atomic E-state index is 12.6. The highest BCUT2D eigenvalue weighted by atomic mass is 32.2. The maximum Gasteiger partial charge on any atom is 0.408 e. The van der Waals surface area contributed by atoms with E-state index in [1.807, 2.05) is 6.08 Å². The first-order chi connectivity index (χ1) is 25.9. The highest BCUT2D eigenvalue weighted by Gasteiger charge is 2.70. The second-order valence-electron chi connectivity index (χ2n) is 21.9. The fourth-order valence-corrected chi connectivity index (χ4v) is 15.7. The summed E-state index contributed by atoms with van der Waals surface area (Å²) in [5.41, 5.74) is 1.31. The maximum atomic E-state index is 12.6. The SMILES string of the molecule is C=C(C)[C@@H]1CC[C@]2(NCCN3CCS(=O)(=O)CC3)CC[C@]3(C)[C@H](CC[C@@H]4[C@@]5(C)CC=C(/C=C/C6CC6(NC(=O)OC(C)(C)C)C(=O)O)C(C)(C)[C@@H]5CC[C@]43C)[C@@H]12. The molecule has 0 aromatic heterocycles. The van der Waals surface area contributed by atoms with E-state index in [0.717, 1.165) is 19.5 Å². The molecule has 0 aromatic carbocycles. The van der Waals surface area contributed by atoms with Gasteiger partial charge in [0.1, 0.15) is 11.1 Å². The third-order valence-electron chi connectivity index (χ3n) is 17.7. The molecular formula is C46H73N3O6S. The number of hydrogen-bond acceptors (Lipinski definition) is 7. The third-order valence-corrected chi connectivity index (χ3v) is 19.3. The van der Waals surface area contributed by atoms with Crippen LogP contribution < -0.4 is 10.6 Å². The van der Waals surface area contributed by atoms with E-state index in [1.54, 1.807) is 20.8 Å². The van der Waals surface area contributed by atoms with Crippen molar-refractivity contribution in [2.24, 2.45) is 57.2 Å². The molecule has 314 valence electrons. The van der Waals surface area contributed by atoms with Crippen LogP contribution >= 0.6 is 0 Å². The number of rotatable bonds is 9. The van der Waals surface area contributed by atoms with Gasteiger partial charge in [0.15, 0.2) is 9.84 Å². The number of carboxylic acid groups (broad SMARTS) is 1. The zero-order chi connectivity index (χ0) is 40.9. The lowest BCUT2D eigenvalue weighted by Crippen LogP contribution is -2.68. The lowest BCUT2D eigenvalue weighted by Gasteiger charge is -2.72. The molecule has 9 nitrogen and oxygen atoms in total. The van der Waals surface area contributed by atoms with Crippen LogP contribution in [0.15, 0.2) is 36.0 Å². The van der Waals surface area contributed by atoms with Gasteiger partial charge in [-0.15, -0.1) is 0 Å². The van der Waals surface area contributed by atoms with E-state index in [9.17, 15) is 23.1 Å². The van der Waals surface area contributed by atoms with Crippen molar-refractivity contribution in [3.05, 3.63) is 36.0 Å². The van der Waals surface area contributed by atoms with Gasteiger partial charge in [0.05, 0.1) is 11.5 Å². The van der Waals surface area contributed by atoms with Crippen molar-refractivity contribution in [3.63, 3.8) is 0 Å². The van der Waals surface area contributed by atoms with E-state index in [1.165, 1.54) is 62.5 Å². The number of nitrogens with one attached hydrogen (secondary N) is 2. The molecule has 56 heavy (non-hydrogen) atoms. The molecule has 7 rings (SSSR count). The Balaban J connectivity index is 1.09. The zero-order valence-electron chi connectivity index (χ0n) is 36.1. The van der Waals surface area contributed by atoms with Crippen LogP contribution in [0.2, 0.25) is 0 Å². The molecule has 0 radical (unpaired) electrons. The number of allylic oxidation sites excluding steroid dienone is 4. The second kappa shape index (κ2) is 14.0. The molecule has 5 saturated carbocycles. The molecular weight excluding hydrogens is 723 g/mol. The van der Waals surface area contributed by atoms with Crippen LogP contribution in [0.4, 0.5) is 4.79 Å². The summed E-state index contributed by atoms with van der Waals surface area (Å²) < 4.78 is 29.5. The zero-order valence-corrected chi connectivity index (χ0v) is 36.9. The largest absolute Gasteiger partial charge is 0.479 e. The standard InChI is InChI=1S/C46H73N3O6S/c1-30(2)33-16-20-45(47-23-24-49-25-27-56(53,54)28-26-49)22-21-43(9)34(37(33)45)13-14-36-42(8)18-15-31(41(6,7)35(42)17-19-44(36,43)10)11-12-32-29-46(32,38(50)51)48-39(52)55-40(3,4)5/h11-12,15,32-37,47H,1,13-14,16-29H2,2-10H3,(H,48,52)(H,50,51)/b12-11+/t32?,33-,34+,35-,36+,37+,42-,43+,44+,45-,46?/m0/s1. The summed E-state index contributed by atoms with van der Waals surface area (Å²) >= 11 is 0. The van der Waals surface area contributed by atoms with Gasteiger partial charge in [-0.1, -0.05) is 65.0 Å². The number of amides is 1. The molecule has 2 unspecified atom stereocenters. The van der Waals surface area contributed by atoms with Gasteiger partial charge in [-0.25, -0.2) is 18.0 Å². The predicted molar refractivity (Wildman–Crippen MR) is 223 cm³/mol. The Labute approximate surface area is 338 Å². The van der Waals surface area contributed by atoms with E-state index in [0.29, 0.717) is 49.1 Å². The first kappa shape index (κ1) is 42.0. The first-order valence-electron chi connectivity index (χ1n) is 21.9. The molecule has 1 aliphatic heterocycles. The van der Waals surface area contributed by atoms with E-state index in [2.05, 4.69) is 75.8 Å². The van der Waals surface area contributed by atoms with Crippen molar-refractivity contribution >= 4 is 21.9 Å². The fraction of sp³-hybridized carbons (Fsp3) is 0.826. The average molecular weight is 796 g/mol. The van der Waals surface area contributed by atoms with Crippen LogP contribution in [0.3, 0.4) is 0 Å². The van der Waals surface area contributed by atoms with Gasteiger partial charge >= 0.3 is 12.1 Å². The average Bonchev–Trinajstić information content (AvgIpc) is 3.64. The van der Waals surface area contributed by atoms with Crippen LogP contribution in [-0.2, 0) is 19.4 Å². The quantitative estimate of drug-likeness (QED) is 0.200. The van der Waals surface area contributed by atoms with Crippen molar-refractivity contribution in [3.8, 4) is 0 Å². The molecule has 0 bridgehead atoms. The smallest absolute Gasteiger partial charge is 0.408 e. The number of carbonyl (C=O) groups excluding carboxylic acids is 1. The number of hydrogen-bond donors (Lipinski definition) is 3. The monoisotopic (exact) mass is 796 g/mol. The van der Waals surface area contributed by atoms with Crippen LogP contribution in [0, 0.1) is 57.2 Å². The Morgan fingerprint density at radius 2 is 1.68 bits per heavy atom. The fourth-order valence-electron chi connectivity index (χ4n) is 14.5. The lowest BCUT2D eigenvalue weighted by atomic mass is 9.33. The molecule has 6 fully saturated rings. The normalized spacial score (nSPS) is 44.1. The second-order valence-corrected chi connectivity index (χ2v) is 24.2. The highest BCUT2D eigenvalue weighted by molar-refractivity contribution is 7.91. The minimum Gasteiger partial charge on any atom is -0.479 e. The Bertz CT molecular complexity index is 1770. The summed E-state index contributed by atoms with van der Waals surface area (Å²) in [6.45, 7) is 28.1. The van der Waals surface area contributed by atoms with Gasteiger partial charge in [0.25, 0.3) is 0 Å². The van der Waals surface area contributed by atoms with Gasteiger partial charge in [-0.2, -0.15) is 0 Å². The van der Waals surface area contributed by atoms with Gasteiger partial charge in [-0.3, -0.25) is 0 Å². The Morgan fingerprint density at radius 1 is 0.982 bits per heavy atom. The molecule has 6 aliphatic carbocycles. The van der Waals surface area contributed by atoms with E-state index in [4.69, 9.17) is 4.74 Å². The Morgan fingerprint density at radius 3 is 2.32 bits per heavy atom. The summed E-state index contributed by atoms with van der Waals surface area (Å²) in [7, 11) is -2.88. The minimum absolute atomic E-state index is 0.0668. The minimum atomic E-state index is -2.88. The lowest BCUT2D eigenvalue weighted by molar-refractivity contribution is -0.221. The molecule has 3 N–H and O–H groups in total. The number of ether oxygens (including phenoxy) is 1. The van der Waals surface area contributed by atoms with Gasteiger partial charge in [0, 0.05) is 37.6 Å². The number of carbonyl (C=O) groups is 2. The summed E-state index contributed by atoms with van der Waals surface area (Å²) in [5.74, 6) is 2.17. The van der Waals surface area contributed by atoms with E-state index in [-0.39, 0.29) is 44.6 Å². The summed E-state index contributed by atoms with van der Waals surface area (Å²) in [6, 6.07) is 0. The predicted octanol–water partition coefficient (Wildman–Crippen LogP) is 8.18. The molecule has 1 saturated heterocycles. The number of fused-ring (bicyclic) bond motifs is 7. The molecule has 7 aliphatic rings. The summed E-state index contributed by atoms with van der Waals surface area (Å²) in [5, 5.41) is 17.0. The molecule has 0 aromatic rings. The molecule has 1 heterocycles. The molecule has 10 heteroatoms. The number of nitrogens with zero attached hydrogens (tertiary/aromatic N) is 1. The van der Waals surface area contributed by atoms with Crippen molar-refractivity contribution in [2.75, 3.05) is 37.7 Å². The molecule has 0 spiro atoms. The van der Waals surface area contributed by atoms with Crippen LogP contribution in [0.25, 0.3) is 0 Å². The van der Waals surface area contributed by atoms with Crippen molar-refractivity contribution in [1.29, 1.82) is 0 Å². The van der Waals surface area contributed by atoms with Gasteiger partial charge < -0.3 is 25.4 Å². The highest BCUT2D eigenvalue weighted by Crippen LogP contribution is 2.76.